The van der Waals surface area contributed by atoms with Crippen molar-refractivity contribution in [3.05, 3.63) is 72.5 Å². The van der Waals surface area contributed by atoms with Crippen LogP contribution in [0.15, 0.2) is 48.5 Å². The third-order valence-electron chi connectivity index (χ3n) is 1.66. The smallest absolute Gasteiger partial charge is 0.335 e. The molecule has 2 aromatic carbocycles. The zero-order valence-electron chi connectivity index (χ0n) is 13.3. The van der Waals surface area contributed by atoms with Gasteiger partial charge in [0.1, 0.15) is 0 Å². The fourth-order valence-electron chi connectivity index (χ4n) is 0.940. The molecule has 0 amide bonds. The molecule has 0 nitrogen and oxygen atoms in total. The van der Waals surface area contributed by atoms with Crippen LogP contribution in [-0.2, 0) is 26.2 Å². The second kappa shape index (κ2) is 19.9. The molecule has 2 aromatic rings. The van der Waals surface area contributed by atoms with E-state index in [0.717, 1.165) is 0 Å². The van der Waals surface area contributed by atoms with Crippen molar-refractivity contribution < 1.29 is 26.2 Å². The molecule has 0 fully saturated rings. The van der Waals surface area contributed by atoms with Crippen LogP contribution in [0.5, 0.6) is 0 Å². The van der Waals surface area contributed by atoms with Crippen LogP contribution in [0, 0.1) is 26.7 Å². The molecule has 0 heterocycles. The van der Waals surface area contributed by atoms with Crippen molar-refractivity contribution in [1.82, 2.24) is 0 Å². The van der Waals surface area contributed by atoms with Gasteiger partial charge < -0.3 is 12.8 Å². The van der Waals surface area contributed by atoms with Gasteiger partial charge in [0.15, 0.2) is 0 Å². The predicted octanol–water partition coefficient (Wildman–Crippen LogP) is 5.89. The summed E-state index contributed by atoms with van der Waals surface area (Å²) in [6.07, 6.45) is 4.00. The molecule has 0 saturated carbocycles. The first-order chi connectivity index (χ1) is 8.62. The van der Waals surface area contributed by atoms with E-state index in [4.69, 9.17) is 0 Å². The summed E-state index contributed by atoms with van der Waals surface area (Å²) in [5.74, 6) is 0. The van der Waals surface area contributed by atoms with Crippen LogP contribution >= 0.6 is 0 Å². The van der Waals surface area contributed by atoms with E-state index < -0.39 is 0 Å². The van der Waals surface area contributed by atoms with Gasteiger partial charge in [0.25, 0.3) is 0 Å². The molecule has 0 aromatic heterocycles. The molecular weight excluding hydrogens is 307 g/mol. The van der Waals surface area contributed by atoms with E-state index in [2.05, 4.69) is 38.1 Å². The topological polar surface area (TPSA) is 0 Å². The number of hydrogen-bond donors (Lipinski definition) is 0. The summed E-state index contributed by atoms with van der Waals surface area (Å²) in [4.78, 5) is 0. The van der Waals surface area contributed by atoms with Gasteiger partial charge in [-0.3, -0.25) is 0 Å². The Morgan fingerprint density at radius 2 is 0.737 bits per heavy atom. The van der Waals surface area contributed by atoms with Gasteiger partial charge in [-0.1, -0.05) is 13.8 Å². The average Bonchev–Trinajstić information content (AvgIpc) is 2.95. The molecule has 104 valence electrons. The molecule has 0 spiro atoms. The first-order valence-electron chi connectivity index (χ1n) is 6.46. The molecule has 0 aliphatic rings. The summed E-state index contributed by atoms with van der Waals surface area (Å²) < 4.78 is 0. The Morgan fingerprint density at radius 3 is 0.789 bits per heavy atom. The third kappa shape index (κ3) is 23.1. The van der Waals surface area contributed by atoms with Gasteiger partial charge in [-0.2, -0.15) is 63.1 Å². The summed E-state index contributed by atoms with van der Waals surface area (Å²) >= 11 is 0. The molecule has 0 atom stereocenters. The first-order valence-corrected chi connectivity index (χ1v) is 6.46. The summed E-state index contributed by atoms with van der Waals surface area (Å²) in [6, 6.07) is 16.5. The Bertz CT molecular complexity index is 269. The first kappa shape index (κ1) is 23.7. The quantitative estimate of drug-likeness (QED) is 0.527. The molecule has 0 unspecified atom stereocenters. The Kier molecular flexibility index (Phi) is 24.8. The van der Waals surface area contributed by atoms with Crippen molar-refractivity contribution in [3.63, 3.8) is 0 Å². The van der Waals surface area contributed by atoms with Crippen molar-refractivity contribution in [2.24, 2.45) is 0 Å². The standard InChI is InChI=1S/2C6H7.2C3H7.Zr/c2*1-6-4-2-3-5-6;2*1-3-2;/h2*2-5H,1H3;2*3H,1-2H3;/q4*-1;+4. The minimum atomic E-state index is 0. The van der Waals surface area contributed by atoms with E-state index in [9.17, 15) is 0 Å². The Hall–Kier alpha value is -0.417. The number of rotatable bonds is 0. The van der Waals surface area contributed by atoms with Crippen molar-refractivity contribution in [2.75, 3.05) is 0 Å². The zero-order chi connectivity index (χ0) is 14.2. The van der Waals surface area contributed by atoms with Gasteiger partial charge in [-0.15, -0.1) is 0 Å². The van der Waals surface area contributed by atoms with Crippen molar-refractivity contribution in [1.29, 1.82) is 0 Å². The maximum absolute atomic E-state index is 2.08. The predicted molar refractivity (Wildman–Crippen MR) is 84.8 cm³/mol. The Morgan fingerprint density at radius 1 is 0.579 bits per heavy atom. The monoisotopic (exact) mass is 334 g/mol. The molecule has 0 N–H and O–H groups in total. The number of aryl methyl sites for hydroxylation is 2. The van der Waals surface area contributed by atoms with E-state index in [1.807, 2.05) is 64.8 Å². The second-order valence-electron chi connectivity index (χ2n) is 4.08. The maximum atomic E-state index is 2.08. The van der Waals surface area contributed by atoms with E-state index in [-0.39, 0.29) is 26.2 Å². The van der Waals surface area contributed by atoms with Gasteiger partial charge in [0.2, 0.25) is 0 Å². The van der Waals surface area contributed by atoms with Gasteiger partial charge in [0, 0.05) is 0 Å². The van der Waals surface area contributed by atoms with Crippen LogP contribution in [0.2, 0.25) is 0 Å². The van der Waals surface area contributed by atoms with Gasteiger partial charge >= 0.3 is 26.2 Å². The third-order valence-corrected chi connectivity index (χ3v) is 1.66. The van der Waals surface area contributed by atoms with E-state index in [0.29, 0.717) is 0 Å². The molecule has 0 bridgehead atoms. The largest absolute Gasteiger partial charge is 4.00 e. The fraction of sp³-hybridized carbons (Fsp3) is 0.333. The molecule has 19 heavy (non-hydrogen) atoms. The molecule has 2 rings (SSSR count). The molecular formula is C18H28Zr. The normalized spacial score (nSPS) is 7.47. The Balaban J connectivity index is -0.000000188. The summed E-state index contributed by atoms with van der Waals surface area (Å²) in [5.41, 5.74) is 2.69. The molecule has 0 aliphatic carbocycles. The zero-order valence-corrected chi connectivity index (χ0v) is 15.7. The van der Waals surface area contributed by atoms with Crippen LogP contribution in [-0.4, -0.2) is 0 Å². The molecule has 0 aliphatic heterocycles. The van der Waals surface area contributed by atoms with Crippen LogP contribution in [0.3, 0.4) is 0 Å². The van der Waals surface area contributed by atoms with E-state index in [1.54, 1.807) is 0 Å². The molecule has 1 heteroatoms. The van der Waals surface area contributed by atoms with Gasteiger partial charge in [-0.25, -0.2) is 24.3 Å². The van der Waals surface area contributed by atoms with Crippen molar-refractivity contribution >= 4 is 0 Å². The maximum Gasteiger partial charge on any atom is 4.00 e. The van der Waals surface area contributed by atoms with E-state index >= 15 is 0 Å². The van der Waals surface area contributed by atoms with Crippen molar-refractivity contribution in [3.8, 4) is 0 Å². The molecule has 0 saturated heterocycles. The summed E-state index contributed by atoms with van der Waals surface area (Å²) in [7, 11) is 0. The minimum Gasteiger partial charge on any atom is -0.335 e. The Labute approximate surface area is 140 Å². The second-order valence-corrected chi connectivity index (χ2v) is 4.08. The van der Waals surface area contributed by atoms with Gasteiger partial charge in [-0.05, 0) is 0 Å². The van der Waals surface area contributed by atoms with E-state index in [1.165, 1.54) is 11.1 Å². The van der Waals surface area contributed by atoms with Crippen LogP contribution in [0.4, 0.5) is 0 Å². The summed E-state index contributed by atoms with van der Waals surface area (Å²) in [5, 5.41) is 0. The minimum absolute atomic E-state index is 0. The van der Waals surface area contributed by atoms with Crippen molar-refractivity contribution in [2.45, 2.75) is 41.5 Å². The number of hydrogen-bond acceptors (Lipinski definition) is 0. The fourth-order valence-corrected chi connectivity index (χ4v) is 0.940. The van der Waals surface area contributed by atoms with Crippen LogP contribution < -0.4 is 0 Å². The van der Waals surface area contributed by atoms with Gasteiger partial charge in [0.05, 0.1) is 0 Å². The van der Waals surface area contributed by atoms with Crippen LogP contribution in [0.1, 0.15) is 38.8 Å². The average molecular weight is 336 g/mol. The SMILES string of the molecule is C[CH-]C.C[CH-]C.C[c-]1cccc1.C[c-]1cccc1.[Zr+4]. The molecule has 0 radical (unpaired) electrons. The van der Waals surface area contributed by atoms with Crippen LogP contribution in [0.25, 0.3) is 0 Å². The summed E-state index contributed by atoms with van der Waals surface area (Å²) in [6.45, 7) is 12.2.